The first kappa shape index (κ1) is 14.3. The van der Waals surface area contributed by atoms with Crippen LogP contribution in [0.5, 0.6) is 5.75 Å². The zero-order chi connectivity index (χ0) is 15.0. The zero-order valence-electron chi connectivity index (χ0n) is 12.0. The first-order valence-electron chi connectivity index (χ1n) is 7.08. The molecule has 0 unspecified atom stereocenters. The lowest BCUT2D eigenvalue weighted by Gasteiger charge is -2.10. The molecule has 1 aliphatic heterocycles. The van der Waals surface area contributed by atoms with Gasteiger partial charge in [-0.15, -0.1) is 0 Å². The van der Waals surface area contributed by atoms with Crippen molar-refractivity contribution >= 4 is 11.6 Å². The summed E-state index contributed by atoms with van der Waals surface area (Å²) in [5.74, 6) is 0.837. The fraction of sp³-hybridized carbons (Fsp3) is 0.375. The van der Waals surface area contributed by atoms with Gasteiger partial charge < -0.3 is 4.74 Å². The molecule has 0 fully saturated rings. The lowest BCUT2D eigenvalue weighted by atomic mass is 10.0. The predicted molar refractivity (Wildman–Crippen MR) is 80.4 cm³/mol. The quantitative estimate of drug-likeness (QED) is 0.855. The maximum absolute atomic E-state index is 14.6. The minimum absolute atomic E-state index is 0.278. The van der Waals surface area contributed by atoms with Crippen LogP contribution in [0.15, 0.2) is 12.1 Å². The molecular weight excluding hydrogens is 291 g/mol. The van der Waals surface area contributed by atoms with Crippen molar-refractivity contribution in [3.8, 4) is 17.1 Å². The van der Waals surface area contributed by atoms with Gasteiger partial charge in [0.1, 0.15) is 5.82 Å². The van der Waals surface area contributed by atoms with Gasteiger partial charge in [-0.25, -0.2) is 14.4 Å². The number of ether oxygens (including phenoxy) is 1. The molecule has 0 bridgehead atoms. The molecular formula is C16H16ClFN2O. The van der Waals surface area contributed by atoms with Crippen LogP contribution in [0.3, 0.4) is 0 Å². The van der Waals surface area contributed by atoms with Gasteiger partial charge in [-0.05, 0) is 31.0 Å². The molecule has 1 aromatic heterocycles. The minimum atomic E-state index is -0.278. The smallest absolute Gasteiger partial charge is 0.162 e. The van der Waals surface area contributed by atoms with Crippen LogP contribution in [-0.2, 0) is 12.8 Å². The molecule has 0 amide bonds. The van der Waals surface area contributed by atoms with Crippen molar-refractivity contribution in [1.29, 1.82) is 0 Å². The molecule has 3 nitrogen and oxygen atoms in total. The second-order valence-electron chi connectivity index (χ2n) is 5.18. The molecule has 1 aliphatic rings. The third-order valence-corrected chi connectivity index (χ3v) is 3.78. The van der Waals surface area contributed by atoms with Crippen molar-refractivity contribution in [2.75, 3.05) is 6.61 Å². The Bertz CT molecular complexity index is 703. The molecule has 2 aromatic rings. The minimum Gasteiger partial charge on any atom is -0.489 e. The van der Waals surface area contributed by atoms with Crippen LogP contribution in [0.25, 0.3) is 11.4 Å². The topological polar surface area (TPSA) is 35.0 Å². The first-order chi connectivity index (χ1) is 10.1. The van der Waals surface area contributed by atoms with Crippen LogP contribution in [-0.4, -0.2) is 16.6 Å². The summed E-state index contributed by atoms with van der Waals surface area (Å²) in [6.45, 7) is 4.46. The van der Waals surface area contributed by atoms with E-state index in [2.05, 4.69) is 9.97 Å². The highest BCUT2D eigenvalue weighted by Crippen LogP contribution is 2.32. The van der Waals surface area contributed by atoms with Gasteiger partial charge in [0.15, 0.2) is 11.6 Å². The fourth-order valence-electron chi connectivity index (χ4n) is 2.61. The van der Waals surface area contributed by atoms with E-state index in [0.717, 1.165) is 30.0 Å². The summed E-state index contributed by atoms with van der Waals surface area (Å²) in [6.07, 6.45) is 2.23. The molecule has 0 N–H and O–H groups in total. The molecule has 0 atom stereocenters. The number of aryl methyl sites for hydroxylation is 2. The third-order valence-electron chi connectivity index (χ3n) is 3.56. The molecule has 21 heavy (non-hydrogen) atoms. The highest BCUT2D eigenvalue weighted by molar-refractivity contribution is 6.30. The van der Waals surface area contributed by atoms with Gasteiger partial charge in [-0.3, -0.25) is 0 Å². The SMILES string of the molecule is CCCc1cc(Cl)cc(-c2nc(C)c3c(n2)CCO3)c1F. The number of nitrogens with zero attached hydrogens (tertiary/aromatic N) is 2. The van der Waals surface area contributed by atoms with Gasteiger partial charge in [0.2, 0.25) is 0 Å². The number of aromatic nitrogens is 2. The molecule has 110 valence electrons. The normalized spacial score (nSPS) is 13.1. The predicted octanol–water partition coefficient (Wildman–Crippen LogP) is 4.13. The number of benzene rings is 1. The number of hydrogen-bond acceptors (Lipinski definition) is 3. The van der Waals surface area contributed by atoms with Gasteiger partial charge >= 0.3 is 0 Å². The molecule has 0 saturated heterocycles. The number of hydrogen-bond donors (Lipinski definition) is 0. The number of halogens is 2. The maximum Gasteiger partial charge on any atom is 0.162 e. The van der Waals surface area contributed by atoms with Crippen molar-refractivity contribution in [2.45, 2.75) is 33.1 Å². The van der Waals surface area contributed by atoms with E-state index in [1.807, 2.05) is 13.8 Å². The van der Waals surface area contributed by atoms with Crippen molar-refractivity contribution in [3.05, 3.63) is 39.9 Å². The van der Waals surface area contributed by atoms with E-state index >= 15 is 0 Å². The van der Waals surface area contributed by atoms with E-state index < -0.39 is 0 Å². The van der Waals surface area contributed by atoms with Gasteiger partial charge in [0, 0.05) is 11.4 Å². The van der Waals surface area contributed by atoms with Crippen LogP contribution < -0.4 is 4.74 Å². The Kier molecular flexibility index (Phi) is 3.81. The Labute approximate surface area is 128 Å². The van der Waals surface area contributed by atoms with Crippen molar-refractivity contribution in [2.24, 2.45) is 0 Å². The molecule has 1 aromatic carbocycles. The Morgan fingerprint density at radius 1 is 1.33 bits per heavy atom. The summed E-state index contributed by atoms with van der Waals surface area (Å²) in [5.41, 5.74) is 2.56. The monoisotopic (exact) mass is 306 g/mol. The molecule has 0 saturated carbocycles. The van der Waals surface area contributed by atoms with Crippen LogP contribution in [0.4, 0.5) is 4.39 Å². The van der Waals surface area contributed by atoms with Gasteiger partial charge in [0.25, 0.3) is 0 Å². The first-order valence-corrected chi connectivity index (χ1v) is 7.46. The summed E-state index contributed by atoms with van der Waals surface area (Å²) >= 11 is 6.12. The molecule has 0 aliphatic carbocycles. The average Bonchev–Trinajstić information content (AvgIpc) is 2.91. The van der Waals surface area contributed by atoms with Crippen LogP contribution in [0.1, 0.15) is 30.3 Å². The Morgan fingerprint density at radius 2 is 2.14 bits per heavy atom. The highest BCUT2D eigenvalue weighted by Gasteiger charge is 2.21. The fourth-order valence-corrected chi connectivity index (χ4v) is 2.85. The molecule has 3 rings (SSSR count). The number of fused-ring (bicyclic) bond motifs is 1. The van der Waals surface area contributed by atoms with Gasteiger partial charge in [-0.1, -0.05) is 24.9 Å². The number of rotatable bonds is 3. The van der Waals surface area contributed by atoms with Crippen molar-refractivity contribution in [1.82, 2.24) is 9.97 Å². The summed E-state index contributed by atoms with van der Waals surface area (Å²) in [5, 5.41) is 0.507. The van der Waals surface area contributed by atoms with E-state index in [0.29, 0.717) is 35.0 Å². The Hall–Kier alpha value is -1.68. The van der Waals surface area contributed by atoms with Gasteiger partial charge in [0.05, 0.1) is 23.6 Å². The molecule has 5 heteroatoms. The summed E-state index contributed by atoms with van der Waals surface area (Å²) in [7, 11) is 0. The summed E-state index contributed by atoms with van der Waals surface area (Å²) in [6, 6.07) is 3.26. The van der Waals surface area contributed by atoms with E-state index in [4.69, 9.17) is 16.3 Å². The largest absolute Gasteiger partial charge is 0.489 e. The zero-order valence-corrected chi connectivity index (χ0v) is 12.8. The van der Waals surface area contributed by atoms with Crippen molar-refractivity contribution in [3.63, 3.8) is 0 Å². The lowest BCUT2D eigenvalue weighted by Crippen LogP contribution is -2.01. The molecule has 0 radical (unpaired) electrons. The van der Waals surface area contributed by atoms with Crippen LogP contribution >= 0.6 is 11.6 Å². The molecule has 0 spiro atoms. The van der Waals surface area contributed by atoms with Crippen LogP contribution in [0.2, 0.25) is 5.02 Å². The highest BCUT2D eigenvalue weighted by atomic mass is 35.5. The Morgan fingerprint density at radius 3 is 2.90 bits per heavy atom. The summed E-state index contributed by atoms with van der Waals surface area (Å²) in [4.78, 5) is 8.84. The maximum atomic E-state index is 14.6. The van der Waals surface area contributed by atoms with E-state index in [-0.39, 0.29) is 5.82 Å². The average molecular weight is 307 g/mol. The Balaban J connectivity index is 2.14. The van der Waals surface area contributed by atoms with E-state index in [9.17, 15) is 4.39 Å². The van der Waals surface area contributed by atoms with Gasteiger partial charge in [-0.2, -0.15) is 0 Å². The van der Waals surface area contributed by atoms with E-state index in [1.165, 1.54) is 0 Å². The standard InChI is InChI=1S/C16H16ClFN2O/c1-3-4-10-7-11(17)8-12(14(10)18)16-19-9(2)15-13(20-16)5-6-21-15/h7-8H,3-6H2,1-2H3. The molecule has 2 heterocycles. The second-order valence-corrected chi connectivity index (χ2v) is 5.62. The lowest BCUT2D eigenvalue weighted by molar-refractivity contribution is 0.353. The van der Waals surface area contributed by atoms with Crippen molar-refractivity contribution < 1.29 is 9.13 Å². The van der Waals surface area contributed by atoms with E-state index in [1.54, 1.807) is 12.1 Å². The third kappa shape index (κ3) is 2.60. The van der Waals surface area contributed by atoms with Crippen LogP contribution in [0, 0.1) is 12.7 Å². The summed E-state index contributed by atoms with van der Waals surface area (Å²) < 4.78 is 20.1. The second kappa shape index (κ2) is 5.60.